The lowest BCUT2D eigenvalue weighted by atomic mass is 10.0. The fourth-order valence-corrected chi connectivity index (χ4v) is 4.64. The summed E-state index contributed by atoms with van der Waals surface area (Å²) in [6.07, 6.45) is 1.14. The van der Waals surface area contributed by atoms with Gasteiger partial charge in [-0.1, -0.05) is 51.7 Å². The van der Waals surface area contributed by atoms with Crippen molar-refractivity contribution in [1.82, 2.24) is 5.32 Å². The van der Waals surface area contributed by atoms with E-state index in [1.165, 1.54) is 11.6 Å². The van der Waals surface area contributed by atoms with Gasteiger partial charge in [-0.3, -0.25) is 0 Å². The standard InChI is InChI=1S/C17H31NOSi/c1-14(2)18-12-16(13-20(4,5)6)10-15-8-7-9-17(11-15)19-3/h7-9,11,14,16,18H,10,12-13H2,1-6H3. The number of ether oxygens (including phenoxy) is 1. The van der Waals surface area contributed by atoms with E-state index in [1.807, 2.05) is 6.07 Å². The third-order valence-corrected chi connectivity index (χ3v) is 5.18. The Labute approximate surface area is 125 Å². The van der Waals surface area contributed by atoms with Crippen LogP contribution >= 0.6 is 0 Å². The fourth-order valence-electron chi connectivity index (χ4n) is 2.62. The zero-order chi connectivity index (χ0) is 15.2. The van der Waals surface area contributed by atoms with Gasteiger partial charge >= 0.3 is 0 Å². The second-order valence-electron chi connectivity index (χ2n) is 7.25. The molecule has 2 nitrogen and oxygen atoms in total. The van der Waals surface area contributed by atoms with Gasteiger partial charge in [0.15, 0.2) is 0 Å². The van der Waals surface area contributed by atoms with Crippen molar-refractivity contribution in [2.45, 2.75) is 52.0 Å². The molecule has 0 fully saturated rings. The van der Waals surface area contributed by atoms with Gasteiger partial charge in [0, 0.05) is 14.1 Å². The predicted molar refractivity (Wildman–Crippen MR) is 91.5 cm³/mol. The number of nitrogens with one attached hydrogen (secondary N) is 1. The first-order valence-electron chi connectivity index (χ1n) is 7.66. The summed E-state index contributed by atoms with van der Waals surface area (Å²) < 4.78 is 5.33. The van der Waals surface area contributed by atoms with Crippen LogP contribution in [0.4, 0.5) is 0 Å². The van der Waals surface area contributed by atoms with Crippen LogP contribution in [-0.2, 0) is 6.42 Å². The average molecular weight is 294 g/mol. The fraction of sp³-hybridized carbons (Fsp3) is 0.647. The van der Waals surface area contributed by atoms with Crippen molar-refractivity contribution in [2.75, 3.05) is 13.7 Å². The first-order valence-corrected chi connectivity index (χ1v) is 11.4. The summed E-state index contributed by atoms with van der Waals surface area (Å²) in [5.74, 6) is 1.68. The highest BCUT2D eigenvalue weighted by Crippen LogP contribution is 2.22. The minimum absolute atomic E-state index is 0.560. The molecule has 0 saturated heterocycles. The van der Waals surface area contributed by atoms with Crippen molar-refractivity contribution < 1.29 is 4.74 Å². The molecular formula is C17H31NOSi. The molecule has 0 bridgehead atoms. The Bertz CT molecular complexity index is 398. The molecule has 1 aromatic carbocycles. The molecule has 0 aromatic heterocycles. The Morgan fingerprint density at radius 2 is 1.90 bits per heavy atom. The van der Waals surface area contributed by atoms with E-state index >= 15 is 0 Å². The first-order chi connectivity index (χ1) is 9.30. The summed E-state index contributed by atoms with van der Waals surface area (Å²) >= 11 is 0. The summed E-state index contributed by atoms with van der Waals surface area (Å²) in [4.78, 5) is 0. The maximum atomic E-state index is 5.33. The van der Waals surface area contributed by atoms with Gasteiger partial charge in [0.2, 0.25) is 0 Å². The van der Waals surface area contributed by atoms with Crippen LogP contribution < -0.4 is 10.1 Å². The van der Waals surface area contributed by atoms with Gasteiger partial charge in [-0.2, -0.15) is 0 Å². The highest BCUT2D eigenvalue weighted by atomic mass is 28.3. The largest absolute Gasteiger partial charge is 0.497 e. The molecule has 0 spiro atoms. The van der Waals surface area contributed by atoms with Crippen LogP contribution in [0.5, 0.6) is 5.75 Å². The molecule has 1 atom stereocenters. The maximum absolute atomic E-state index is 5.33. The van der Waals surface area contributed by atoms with Gasteiger partial charge in [-0.15, -0.1) is 0 Å². The lowest BCUT2D eigenvalue weighted by Gasteiger charge is -2.26. The first kappa shape index (κ1) is 17.2. The molecule has 3 heteroatoms. The third-order valence-electron chi connectivity index (χ3n) is 3.37. The molecular weight excluding hydrogens is 262 g/mol. The Hall–Kier alpha value is -0.803. The molecule has 114 valence electrons. The van der Waals surface area contributed by atoms with E-state index < -0.39 is 8.07 Å². The second kappa shape index (κ2) is 7.84. The van der Waals surface area contributed by atoms with E-state index in [0.717, 1.165) is 24.6 Å². The number of benzene rings is 1. The number of hydrogen-bond donors (Lipinski definition) is 1. The lowest BCUT2D eigenvalue weighted by Crippen LogP contribution is -2.34. The summed E-state index contributed by atoms with van der Waals surface area (Å²) in [6.45, 7) is 12.9. The second-order valence-corrected chi connectivity index (χ2v) is 12.8. The summed E-state index contributed by atoms with van der Waals surface area (Å²) in [5, 5.41) is 3.61. The van der Waals surface area contributed by atoms with E-state index in [1.54, 1.807) is 7.11 Å². The van der Waals surface area contributed by atoms with Crippen LogP contribution in [0, 0.1) is 5.92 Å². The smallest absolute Gasteiger partial charge is 0.119 e. The van der Waals surface area contributed by atoms with Crippen LogP contribution in [0.15, 0.2) is 24.3 Å². The summed E-state index contributed by atoms with van der Waals surface area (Å²) in [5.41, 5.74) is 1.39. The summed E-state index contributed by atoms with van der Waals surface area (Å²) in [7, 11) is 0.696. The highest BCUT2D eigenvalue weighted by molar-refractivity contribution is 6.76. The van der Waals surface area contributed by atoms with Gasteiger partial charge in [0.25, 0.3) is 0 Å². The van der Waals surface area contributed by atoms with Gasteiger partial charge in [-0.05, 0) is 36.6 Å². The molecule has 20 heavy (non-hydrogen) atoms. The Morgan fingerprint density at radius 1 is 1.20 bits per heavy atom. The van der Waals surface area contributed by atoms with Crippen molar-refractivity contribution in [2.24, 2.45) is 5.92 Å². The summed E-state index contributed by atoms with van der Waals surface area (Å²) in [6, 6.07) is 10.4. The molecule has 0 aliphatic carbocycles. The van der Waals surface area contributed by atoms with Gasteiger partial charge in [0.05, 0.1) is 7.11 Å². The van der Waals surface area contributed by atoms with Gasteiger partial charge in [-0.25, -0.2) is 0 Å². The molecule has 1 aromatic rings. The predicted octanol–water partition coefficient (Wildman–Crippen LogP) is 4.19. The molecule has 1 rings (SSSR count). The zero-order valence-electron chi connectivity index (χ0n) is 14.0. The zero-order valence-corrected chi connectivity index (χ0v) is 15.0. The number of rotatable bonds is 8. The van der Waals surface area contributed by atoms with E-state index in [0.29, 0.717) is 6.04 Å². The van der Waals surface area contributed by atoms with Crippen LogP contribution in [0.1, 0.15) is 19.4 Å². The van der Waals surface area contributed by atoms with Crippen LogP contribution in [0.3, 0.4) is 0 Å². The molecule has 1 unspecified atom stereocenters. The van der Waals surface area contributed by atoms with Gasteiger partial charge in [0.1, 0.15) is 5.75 Å². The molecule has 0 aliphatic rings. The third kappa shape index (κ3) is 7.11. The molecule has 0 heterocycles. The van der Waals surface area contributed by atoms with Crippen molar-refractivity contribution in [1.29, 1.82) is 0 Å². The van der Waals surface area contributed by atoms with E-state index in [9.17, 15) is 0 Å². The Morgan fingerprint density at radius 3 is 2.45 bits per heavy atom. The molecule has 0 aliphatic heterocycles. The lowest BCUT2D eigenvalue weighted by molar-refractivity contribution is 0.413. The average Bonchev–Trinajstić information content (AvgIpc) is 2.34. The minimum Gasteiger partial charge on any atom is -0.497 e. The topological polar surface area (TPSA) is 21.3 Å². The van der Waals surface area contributed by atoms with Crippen molar-refractivity contribution >= 4 is 8.07 Å². The molecule has 0 saturated carbocycles. The molecule has 0 amide bonds. The van der Waals surface area contributed by atoms with Crippen molar-refractivity contribution in [3.05, 3.63) is 29.8 Å². The van der Waals surface area contributed by atoms with Crippen LogP contribution in [-0.4, -0.2) is 27.8 Å². The molecule has 0 radical (unpaired) electrons. The van der Waals surface area contributed by atoms with Crippen LogP contribution in [0.25, 0.3) is 0 Å². The van der Waals surface area contributed by atoms with Gasteiger partial charge < -0.3 is 10.1 Å². The Balaban J connectivity index is 2.71. The monoisotopic (exact) mass is 293 g/mol. The number of methoxy groups -OCH3 is 1. The van der Waals surface area contributed by atoms with E-state index in [4.69, 9.17) is 4.74 Å². The van der Waals surface area contributed by atoms with Crippen molar-refractivity contribution in [3.63, 3.8) is 0 Å². The SMILES string of the molecule is COc1cccc(CC(CNC(C)C)C[Si](C)(C)C)c1. The Kier molecular flexibility index (Phi) is 6.76. The molecule has 1 N–H and O–H groups in total. The maximum Gasteiger partial charge on any atom is 0.119 e. The normalized spacial score (nSPS) is 13.6. The van der Waals surface area contributed by atoms with Crippen molar-refractivity contribution in [3.8, 4) is 5.75 Å². The van der Waals surface area contributed by atoms with E-state index in [2.05, 4.69) is 57.0 Å². The highest BCUT2D eigenvalue weighted by Gasteiger charge is 2.21. The van der Waals surface area contributed by atoms with E-state index in [-0.39, 0.29) is 0 Å². The number of hydrogen-bond acceptors (Lipinski definition) is 2. The van der Waals surface area contributed by atoms with Crippen LogP contribution in [0.2, 0.25) is 25.7 Å². The minimum atomic E-state index is -1.04. The quantitative estimate of drug-likeness (QED) is 0.726.